The Labute approximate surface area is 250 Å². The molecular formula is C27H45N4O11P. The van der Waals surface area contributed by atoms with Crippen LogP contribution in [0.1, 0.15) is 67.3 Å². The highest BCUT2D eigenvalue weighted by atomic mass is 31.2. The van der Waals surface area contributed by atoms with Gasteiger partial charge in [0.05, 0.1) is 19.8 Å². The summed E-state index contributed by atoms with van der Waals surface area (Å²) in [6.07, 6.45) is -1.14. The first-order valence-electron chi connectivity index (χ1n) is 14.6. The Bertz CT molecular complexity index is 1280. The average molecular weight is 633 g/mol. The van der Waals surface area contributed by atoms with E-state index in [-0.39, 0.29) is 37.9 Å². The highest BCUT2D eigenvalue weighted by Gasteiger charge is 2.85. The maximum absolute atomic E-state index is 14.4. The second kappa shape index (κ2) is 13.7. The van der Waals surface area contributed by atoms with Crippen LogP contribution in [-0.4, -0.2) is 87.0 Å². The molecule has 0 amide bonds. The minimum atomic E-state index is -4.28. The van der Waals surface area contributed by atoms with Crippen LogP contribution < -0.4 is 21.4 Å². The first-order chi connectivity index (χ1) is 20.0. The molecule has 1 aliphatic carbocycles. The van der Waals surface area contributed by atoms with Gasteiger partial charge < -0.3 is 28.9 Å². The van der Waals surface area contributed by atoms with Crippen LogP contribution in [0.15, 0.2) is 21.9 Å². The molecule has 1 aromatic heterocycles. The van der Waals surface area contributed by atoms with Crippen molar-refractivity contribution in [1.29, 1.82) is 0 Å². The normalized spacial score (nSPS) is 29.1. The van der Waals surface area contributed by atoms with Gasteiger partial charge in [-0.1, -0.05) is 27.7 Å². The molecule has 244 valence electrons. The third kappa shape index (κ3) is 7.47. The van der Waals surface area contributed by atoms with Gasteiger partial charge in [-0.05, 0) is 45.4 Å². The standard InChI is InChI=1S/C27H45N4O11P/c1-8-39-22(34)17(12-15(3)4)29-43(38,30-18(13-16(5)6)23(35)40-9-2)41-14-19-21(33)27(37)24(26(27,7)42-19)31-11-10-20(32)28-25(31)36/h10-11,15-19,21,24,33,37H,8-9,12-14H2,1-7H3,(H,28,32,36)(H2,29,30,38). The number of rotatable bonds is 16. The summed E-state index contributed by atoms with van der Waals surface area (Å²) in [5, 5.41) is 27.9. The molecule has 0 aromatic carbocycles. The highest BCUT2D eigenvalue weighted by Crippen LogP contribution is 2.67. The van der Waals surface area contributed by atoms with Crippen LogP contribution in [0.3, 0.4) is 0 Å². The number of aromatic amines is 1. The summed E-state index contributed by atoms with van der Waals surface area (Å²) >= 11 is 0. The molecule has 2 fully saturated rings. The lowest BCUT2D eigenvalue weighted by atomic mass is 10.1. The summed E-state index contributed by atoms with van der Waals surface area (Å²) in [4.78, 5) is 51.5. The van der Waals surface area contributed by atoms with Gasteiger partial charge >= 0.3 is 25.3 Å². The van der Waals surface area contributed by atoms with Crippen molar-refractivity contribution in [2.24, 2.45) is 11.8 Å². The number of esters is 2. The minimum Gasteiger partial charge on any atom is -0.465 e. The van der Waals surface area contributed by atoms with Crippen molar-refractivity contribution in [3.05, 3.63) is 33.1 Å². The SMILES string of the molecule is CCOC(=O)C(CC(C)C)NP(=O)(NC(CC(C)C)C(=O)OCC)OCC1OC2(C)C(n3ccc(=O)[nH]c3=O)C2(O)C1O. The Morgan fingerprint density at radius 2 is 1.58 bits per heavy atom. The molecule has 15 nitrogen and oxygen atoms in total. The van der Waals surface area contributed by atoms with E-state index in [1.54, 1.807) is 13.8 Å². The number of nitrogens with one attached hydrogen (secondary N) is 3. The van der Waals surface area contributed by atoms with Crippen LogP contribution in [0.25, 0.3) is 0 Å². The van der Waals surface area contributed by atoms with Crippen LogP contribution >= 0.6 is 7.67 Å². The van der Waals surface area contributed by atoms with Crippen LogP contribution in [-0.2, 0) is 32.9 Å². The van der Waals surface area contributed by atoms with E-state index < -0.39 is 79.0 Å². The summed E-state index contributed by atoms with van der Waals surface area (Å²) in [6.45, 7) is 11.9. The lowest BCUT2D eigenvalue weighted by Crippen LogP contribution is -2.47. The highest BCUT2D eigenvalue weighted by molar-refractivity contribution is 7.54. The van der Waals surface area contributed by atoms with Crippen LogP contribution in [0.2, 0.25) is 0 Å². The predicted octanol–water partition coefficient (Wildman–Crippen LogP) is 0.600. The molecule has 1 saturated carbocycles. The summed E-state index contributed by atoms with van der Waals surface area (Å²) in [6, 6.07) is -2.05. The number of aliphatic hydroxyl groups is 2. The minimum absolute atomic E-state index is 0.0126. The smallest absolute Gasteiger partial charge is 0.342 e. The molecule has 7 atom stereocenters. The number of H-pyrrole nitrogens is 1. The zero-order valence-corrected chi connectivity index (χ0v) is 26.6. The fraction of sp³-hybridized carbons (Fsp3) is 0.778. The van der Waals surface area contributed by atoms with E-state index in [1.165, 1.54) is 13.1 Å². The molecule has 1 aliphatic heterocycles. The van der Waals surface area contributed by atoms with Crippen molar-refractivity contribution in [3.8, 4) is 0 Å². The Balaban J connectivity index is 1.86. The van der Waals surface area contributed by atoms with Crippen molar-refractivity contribution in [1.82, 2.24) is 19.7 Å². The molecule has 7 unspecified atom stereocenters. The third-order valence-corrected chi connectivity index (χ3v) is 9.42. The van der Waals surface area contributed by atoms with E-state index in [1.807, 2.05) is 27.7 Å². The van der Waals surface area contributed by atoms with Gasteiger partial charge in [-0.3, -0.25) is 28.5 Å². The largest absolute Gasteiger partial charge is 0.465 e. The number of aromatic nitrogens is 2. The van der Waals surface area contributed by atoms with Gasteiger partial charge in [-0.2, -0.15) is 0 Å². The quantitative estimate of drug-likeness (QED) is 0.125. The van der Waals surface area contributed by atoms with Gasteiger partial charge in [0.1, 0.15) is 41.5 Å². The first-order valence-corrected chi connectivity index (χ1v) is 16.2. The third-order valence-electron chi connectivity index (χ3n) is 7.61. The Morgan fingerprint density at radius 3 is 1.98 bits per heavy atom. The summed E-state index contributed by atoms with van der Waals surface area (Å²) in [5.41, 5.74) is -4.77. The van der Waals surface area contributed by atoms with Crippen LogP contribution in [0, 0.1) is 11.8 Å². The molecule has 0 radical (unpaired) electrons. The lowest BCUT2D eigenvalue weighted by molar-refractivity contribution is -0.146. The maximum Gasteiger partial charge on any atom is 0.342 e. The number of nitrogens with zero attached hydrogens (tertiary/aromatic N) is 1. The van der Waals surface area contributed by atoms with Crippen molar-refractivity contribution in [2.45, 2.75) is 103 Å². The first kappa shape index (κ1) is 35.1. The molecular weight excluding hydrogens is 587 g/mol. The second-order valence-corrected chi connectivity index (χ2v) is 13.8. The number of ether oxygens (including phenoxy) is 3. The number of carbonyl (C=O) groups is 2. The zero-order valence-electron chi connectivity index (χ0n) is 25.7. The van der Waals surface area contributed by atoms with E-state index in [2.05, 4.69) is 15.2 Å². The molecule has 0 spiro atoms. The maximum atomic E-state index is 14.4. The predicted molar refractivity (Wildman–Crippen MR) is 154 cm³/mol. The van der Waals surface area contributed by atoms with Crippen molar-refractivity contribution < 1.29 is 43.1 Å². The Hall–Kier alpha value is -2.39. The van der Waals surface area contributed by atoms with Gasteiger partial charge in [0, 0.05) is 12.3 Å². The van der Waals surface area contributed by atoms with E-state index in [0.29, 0.717) is 0 Å². The molecule has 0 bridgehead atoms. The van der Waals surface area contributed by atoms with Gasteiger partial charge in [-0.25, -0.2) is 15.0 Å². The zero-order chi connectivity index (χ0) is 32.3. The number of aliphatic hydroxyl groups excluding tert-OH is 1. The molecule has 5 N–H and O–H groups in total. The number of fused-ring (bicyclic) bond motifs is 1. The lowest BCUT2D eigenvalue weighted by Gasteiger charge is -2.31. The van der Waals surface area contributed by atoms with Gasteiger partial charge in [0.25, 0.3) is 5.56 Å². The van der Waals surface area contributed by atoms with Crippen molar-refractivity contribution in [2.75, 3.05) is 19.8 Å². The van der Waals surface area contributed by atoms with E-state index in [4.69, 9.17) is 18.7 Å². The summed E-state index contributed by atoms with van der Waals surface area (Å²) in [7, 11) is -4.28. The molecule has 2 aliphatic rings. The molecule has 2 heterocycles. The number of hydrogen-bond acceptors (Lipinski definition) is 11. The molecule has 43 heavy (non-hydrogen) atoms. The van der Waals surface area contributed by atoms with Gasteiger partial charge in [-0.15, -0.1) is 0 Å². The van der Waals surface area contributed by atoms with Crippen LogP contribution in [0.5, 0.6) is 0 Å². The Kier molecular flexibility index (Phi) is 11.2. The monoisotopic (exact) mass is 632 g/mol. The van der Waals surface area contributed by atoms with E-state index >= 15 is 0 Å². The fourth-order valence-electron chi connectivity index (χ4n) is 5.62. The fourth-order valence-corrected chi connectivity index (χ4v) is 7.44. The topological polar surface area (TPSA) is 208 Å². The summed E-state index contributed by atoms with van der Waals surface area (Å²) < 4.78 is 37.5. The van der Waals surface area contributed by atoms with E-state index in [9.17, 15) is 34.0 Å². The van der Waals surface area contributed by atoms with Gasteiger partial charge in [0.2, 0.25) is 0 Å². The summed E-state index contributed by atoms with van der Waals surface area (Å²) in [5.74, 6) is -1.34. The van der Waals surface area contributed by atoms with Crippen molar-refractivity contribution in [3.63, 3.8) is 0 Å². The van der Waals surface area contributed by atoms with Gasteiger partial charge in [0.15, 0.2) is 0 Å². The van der Waals surface area contributed by atoms with Crippen molar-refractivity contribution >= 4 is 19.6 Å². The molecule has 1 aromatic rings. The Morgan fingerprint density at radius 1 is 1.07 bits per heavy atom. The molecule has 16 heteroatoms. The second-order valence-electron chi connectivity index (χ2n) is 11.9. The molecule has 3 rings (SSSR count). The number of carbonyl (C=O) groups excluding carboxylic acids is 2. The average Bonchev–Trinajstić information content (AvgIpc) is 3.31. The number of hydrogen-bond donors (Lipinski definition) is 5. The van der Waals surface area contributed by atoms with Crippen LogP contribution in [0.4, 0.5) is 0 Å². The van der Waals surface area contributed by atoms with E-state index in [0.717, 1.165) is 10.6 Å². The molecule has 1 saturated heterocycles.